The molecule has 0 aliphatic heterocycles. The number of hydrogen-bond acceptors (Lipinski definition) is 4. The van der Waals surface area contributed by atoms with E-state index in [-0.39, 0.29) is 25.6 Å². The van der Waals surface area contributed by atoms with Crippen LogP contribution in [0.25, 0.3) is 10.8 Å². The van der Waals surface area contributed by atoms with Gasteiger partial charge in [-0.15, -0.1) is 0 Å². The zero-order valence-corrected chi connectivity index (χ0v) is 13.4. The van der Waals surface area contributed by atoms with Crippen molar-refractivity contribution in [3.63, 3.8) is 0 Å². The van der Waals surface area contributed by atoms with E-state index in [4.69, 9.17) is 10.00 Å². The molecule has 2 amide bonds. The fraction of sp³-hybridized carbons (Fsp3) is 0.278. The van der Waals surface area contributed by atoms with Crippen LogP contribution in [0.5, 0.6) is 0 Å². The number of fused-ring (bicyclic) bond motifs is 1. The Morgan fingerprint density at radius 1 is 1.17 bits per heavy atom. The molecule has 0 radical (unpaired) electrons. The smallest absolute Gasteiger partial charge is 0.407 e. The minimum absolute atomic E-state index is 0.0810. The van der Waals surface area contributed by atoms with E-state index in [0.717, 1.165) is 16.3 Å². The van der Waals surface area contributed by atoms with Gasteiger partial charge in [-0.2, -0.15) is 5.26 Å². The number of carbonyl (C=O) groups is 2. The van der Waals surface area contributed by atoms with Crippen LogP contribution in [0.15, 0.2) is 42.5 Å². The maximum atomic E-state index is 12.4. The van der Waals surface area contributed by atoms with Crippen molar-refractivity contribution in [2.75, 3.05) is 19.7 Å². The van der Waals surface area contributed by atoms with E-state index in [0.29, 0.717) is 0 Å². The highest BCUT2D eigenvalue weighted by atomic mass is 16.5. The van der Waals surface area contributed by atoms with Crippen molar-refractivity contribution in [2.45, 2.75) is 12.8 Å². The molecule has 0 heterocycles. The number of rotatable bonds is 6. The summed E-state index contributed by atoms with van der Waals surface area (Å²) in [6.07, 6.45) is -0.573. The number of nitrogens with zero attached hydrogens (tertiary/aromatic N) is 1. The molecule has 0 saturated carbocycles. The van der Waals surface area contributed by atoms with Crippen LogP contribution in [0.2, 0.25) is 0 Å². The summed E-state index contributed by atoms with van der Waals surface area (Å²) in [4.78, 5) is 23.9. The van der Waals surface area contributed by atoms with Crippen molar-refractivity contribution < 1.29 is 14.3 Å². The minimum atomic E-state index is -0.604. The van der Waals surface area contributed by atoms with Gasteiger partial charge in [-0.3, -0.25) is 4.79 Å². The molecule has 0 saturated heterocycles. The molecule has 2 rings (SSSR count). The standard InChI is InChI=1S/C18H19N3O3/c1-2-24-18(23)21-12-16(17(22)20-10-9-19)15-8-7-13-5-3-4-6-14(13)11-15/h3-8,11,16H,2,10,12H2,1H3,(H,20,22)(H,21,23). The maximum absolute atomic E-state index is 12.4. The molecule has 0 aliphatic rings. The first-order valence-corrected chi connectivity index (χ1v) is 7.69. The molecule has 6 heteroatoms. The van der Waals surface area contributed by atoms with Gasteiger partial charge in [-0.1, -0.05) is 42.5 Å². The minimum Gasteiger partial charge on any atom is -0.450 e. The number of hydrogen-bond donors (Lipinski definition) is 2. The van der Waals surface area contributed by atoms with Crippen molar-refractivity contribution in [1.29, 1.82) is 5.26 Å². The fourth-order valence-corrected chi connectivity index (χ4v) is 2.40. The molecule has 24 heavy (non-hydrogen) atoms. The second kappa shape index (κ2) is 8.53. The molecule has 1 atom stereocenters. The third-order valence-corrected chi connectivity index (χ3v) is 3.56. The number of carbonyl (C=O) groups excluding carboxylic acids is 2. The van der Waals surface area contributed by atoms with Crippen LogP contribution in [0.4, 0.5) is 4.79 Å². The zero-order valence-electron chi connectivity index (χ0n) is 13.4. The van der Waals surface area contributed by atoms with Gasteiger partial charge in [0.2, 0.25) is 5.91 Å². The summed E-state index contributed by atoms with van der Waals surface area (Å²) in [5.74, 6) is -0.920. The lowest BCUT2D eigenvalue weighted by molar-refractivity contribution is -0.122. The molecule has 2 aromatic rings. The van der Waals surface area contributed by atoms with E-state index in [9.17, 15) is 9.59 Å². The van der Waals surface area contributed by atoms with Crippen LogP contribution in [-0.2, 0) is 9.53 Å². The summed E-state index contributed by atoms with van der Waals surface area (Å²) >= 11 is 0. The number of nitriles is 1. The summed E-state index contributed by atoms with van der Waals surface area (Å²) < 4.78 is 4.83. The Bertz CT molecular complexity index is 767. The molecule has 6 nitrogen and oxygen atoms in total. The van der Waals surface area contributed by atoms with Gasteiger partial charge < -0.3 is 15.4 Å². The van der Waals surface area contributed by atoms with Crippen molar-refractivity contribution in [2.24, 2.45) is 0 Å². The SMILES string of the molecule is CCOC(=O)NCC(C(=O)NCC#N)c1ccc2ccccc2c1. The number of amides is 2. The Kier molecular flexibility index (Phi) is 6.15. The zero-order chi connectivity index (χ0) is 17.4. The van der Waals surface area contributed by atoms with Crippen LogP contribution >= 0.6 is 0 Å². The van der Waals surface area contributed by atoms with E-state index >= 15 is 0 Å². The van der Waals surface area contributed by atoms with Gasteiger partial charge in [-0.05, 0) is 23.3 Å². The molecule has 2 N–H and O–H groups in total. The van der Waals surface area contributed by atoms with Gasteiger partial charge in [0.1, 0.15) is 6.54 Å². The van der Waals surface area contributed by atoms with E-state index in [1.165, 1.54) is 0 Å². The Balaban J connectivity index is 2.23. The van der Waals surface area contributed by atoms with Crippen molar-refractivity contribution in [3.05, 3.63) is 48.0 Å². The molecule has 2 aromatic carbocycles. The molecule has 0 bridgehead atoms. The first-order chi connectivity index (χ1) is 11.7. The Labute approximate surface area is 140 Å². The molecular formula is C18H19N3O3. The van der Waals surface area contributed by atoms with Gasteiger partial charge in [0, 0.05) is 6.54 Å². The maximum Gasteiger partial charge on any atom is 0.407 e. The lowest BCUT2D eigenvalue weighted by Gasteiger charge is -2.17. The van der Waals surface area contributed by atoms with Crippen molar-refractivity contribution >= 4 is 22.8 Å². The Morgan fingerprint density at radius 3 is 2.62 bits per heavy atom. The van der Waals surface area contributed by atoms with Gasteiger partial charge in [0.15, 0.2) is 0 Å². The molecule has 0 spiro atoms. The highest BCUT2D eigenvalue weighted by Crippen LogP contribution is 2.22. The highest BCUT2D eigenvalue weighted by Gasteiger charge is 2.21. The number of benzene rings is 2. The lowest BCUT2D eigenvalue weighted by Crippen LogP contribution is -2.37. The van der Waals surface area contributed by atoms with Gasteiger partial charge in [0.25, 0.3) is 0 Å². The third-order valence-electron chi connectivity index (χ3n) is 3.56. The van der Waals surface area contributed by atoms with Crippen LogP contribution in [0, 0.1) is 11.3 Å². The molecular weight excluding hydrogens is 306 g/mol. The van der Waals surface area contributed by atoms with Gasteiger partial charge >= 0.3 is 6.09 Å². The Morgan fingerprint density at radius 2 is 1.92 bits per heavy atom. The van der Waals surface area contributed by atoms with E-state index in [1.807, 2.05) is 48.5 Å². The number of ether oxygens (including phenoxy) is 1. The summed E-state index contributed by atoms with van der Waals surface area (Å²) in [6.45, 7) is 1.98. The molecule has 0 aromatic heterocycles. The largest absolute Gasteiger partial charge is 0.450 e. The van der Waals surface area contributed by atoms with Crippen molar-refractivity contribution in [3.8, 4) is 6.07 Å². The normalized spacial score (nSPS) is 11.3. The topological polar surface area (TPSA) is 91.2 Å². The first-order valence-electron chi connectivity index (χ1n) is 7.69. The summed E-state index contributed by atoms with van der Waals surface area (Å²) in [6, 6.07) is 15.4. The monoisotopic (exact) mass is 325 g/mol. The lowest BCUT2D eigenvalue weighted by atomic mass is 9.95. The molecule has 0 fully saturated rings. The predicted octanol–water partition coefficient (Wildman–Crippen LogP) is 2.31. The molecule has 1 unspecified atom stereocenters. The quantitative estimate of drug-likeness (QED) is 0.797. The molecule has 0 aliphatic carbocycles. The van der Waals surface area contributed by atoms with E-state index in [1.54, 1.807) is 6.92 Å². The Hall–Kier alpha value is -3.07. The number of alkyl carbamates (subject to hydrolysis) is 1. The summed E-state index contributed by atoms with van der Waals surface area (Å²) in [5.41, 5.74) is 0.765. The van der Waals surface area contributed by atoms with E-state index in [2.05, 4.69) is 10.6 Å². The van der Waals surface area contributed by atoms with Crippen molar-refractivity contribution in [1.82, 2.24) is 10.6 Å². The molecule has 124 valence electrons. The van der Waals surface area contributed by atoms with Crippen LogP contribution in [0.1, 0.15) is 18.4 Å². The van der Waals surface area contributed by atoms with Crippen LogP contribution in [0.3, 0.4) is 0 Å². The second-order valence-corrected chi connectivity index (χ2v) is 5.14. The first kappa shape index (κ1) is 17.3. The van der Waals surface area contributed by atoms with Crippen LogP contribution < -0.4 is 10.6 Å². The average molecular weight is 325 g/mol. The van der Waals surface area contributed by atoms with E-state index < -0.39 is 12.0 Å². The second-order valence-electron chi connectivity index (χ2n) is 5.14. The van der Waals surface area contributed by atoms with Gasteiger partial charge in [-0.25, -0.2) is 4.79 Å². The average Bonchev–Trinajstić information content (AvgIpc) is 2.60. The predicted molar refractivity (Wildman–Crippen MR) is 90.3 cm³/mol. The fourth-order valence-electron chi connectivity index (χ4n) is 2.40. The summed E-state index contributed by atoms with van der Waals surface area (Å²) in [7, 11) is 0. The third kappa shape index (κ3) is 4.46. The highest BCUT2D eigenvalue weighted by molar-refractivity contribution is 5.88. The summed E-state index contributed by atoms with van der Waals surface area (Å²) in [5, 5.41) is 15.8. The van der Waals surface area contributed by atoms with Crippen LogP contribution in [-0.4, -0.2) is 31.7 Å². The van der Waals surface area contributed by atoms with Gasteiger partial charge in [0.05, 0.1) is 18.6 Å². The number of nitrogens with one attached hydrogen (secondary N) is 2.